The fourth-order valence-corrected chi connectivity index (χ4v) is 7.62. The molecule has 24 heavy (non-hydrogen) atoms. The molecule has 0 aromatic carbocycles. The average Bonchev–Trinajstić information content (AvgIpc) is 2.78. The van der Waals surface area contributed by atoms with Crippen LogP contribution in [0, 0.1) is 46.8 Å². The van der Waals surface area contributed by atoms with E-state index in [1.54, 1.807) is 0 Å². The highest BCUT2D eigenvalue weighted by atomic mass is 16.3. The fraction of sp³-hybridized carbons (Fsp3) is 0.909. The molecule has 0 saturated heterocycles. The molecule has 0 aliphatic heterocycles. The lowest BCUT2D eigenvalue weighted by Crippen LogP contribution is -2.57. The van der Waals surface area contributed by atoms with Gasteiger partial charge in [0, 0.05) is 0 Å². The van der Waals surface area contributed by atoms with Gasteiger partial charge in [-0.2, -0.15) is 0 Å². The van der Waals surface area contributed by atoms with Crippen molar-refractivity contribution in [2.24, 2.45) is 34.5 Å². The molecule has 4 aliphatic rings. The van der Waals surface area contributed by atoms with Gasteiger partial charge in [0.1, 0.15) is 5.60 Å². The van der Waals surface area contributed by atoms with Crippen molar-refractivity contribution in [3.63, 3.8) is 0 Å². The van der Waals surface area contributed by atoms with Crippen LogP contribution in [-0.2, 0) is 0 Å². The van der Waals surface area contributed by atoms with Gasteiger partial charge in [0.25, 0.3) is 0 Å². The van der Waals surface area contributed by atoms with E-state index in [1.807, 2.05) is 0 Å². The SMILES string of the molecule is C#C[C@]1(O)CC[C@@]2(C)[C@@H](CC[C@@H]3[C@@H]2CC[C@@]2(C)[C@H]3CC[C@@]2(C)O)C1. The molecule has 4 rings (SSSR count). The van der Waals surface area contributed by atoms with Gasteiger partial charge in [-0.05, 0) is 99.2 Å². The molecular weight excluding hydrogens is 296 g/mol. The van der Waals surface area contributed by atoms with Crippen molar-refractivity contribution in [3.8, 4) is 12.3 Å². The second kappa shape index (κ2) is 5.01. The lowest BCUT2D eigenvalue weighted by molar-refractivity contribution is -0.159. The molecule has 134 valence electrons. The van der Waals surface area contributed by atoms with Crippen molar-refractivity contribution in [3.05, 3.63) is 0 Å². The molecule has 0 aromatic rings. The molecule has 2 N–H and O–H groups in total. The Kier molecular flexibility index (Phi) is 3.54. The van der Waals surface area contributed by atoms with E-state index >= 15 is 0 Å². The van der Waals surface area contributed by atoms with E-state index in [0.717, 1.165) is 43.9 Å². The number of rotatable bonds is 0. The molecule has 0 amide bonds. The summed E-state index contributed by atoms with van der Waals surface area (Å²) < 4.78 is 0. The Labute approximate surface area is 147 Å². The van der Waals surface area contributed by atoms with E-state index < -0.39 is 11.2 Å². The molecule has 0 bridgehead atoms. The van der Waals surface area contributed by atoms with Crippen LogP contribution in [0.25, 0.3) is 0 Å². The van der Waals surface area contributed by atoms with E-state index in [0.29, 0.717) is 17.3 Å². The maximum atomic E-state index is 11.0. The third kappa shape index (κ3) is 2.04. The van der Waals surface area contributed by atoms with Gasteiger partial charge >= 0.3 is 0 Å². The van der Waals surface area contributed by atoms with E-state index in [1.165, 1.54) is 25.7 Å². The van der Waals surface area contributed by atoms with Gasteiger partial charge in [-0.25, -0.2) is 0 Å². The first kappa shape index (κ1) is 16.9. The molecule has 0 spiro atoms. The smallest absolute Gasteiger partial charge is 0.125 e. The van der Waals surface area contributed by atoms with Gasteiger partial charge < -0.3 is 10.2 Å². The molecule has 0 aromatic heterocycles. The summed E-state index contributed by atoms with van der Waals surface area (Å²) in [6, 6.07) is 0. The zero-order valence-electron chi connectivity index (χ0n) is 15.6. The fourth-order valence-electron chi connectivity index (χ4n) is 7.62. The first-order chi connectivity index (χ1) is 11.2. The lowest BCUT2D eigenvalue weighted by atomic mass is 9.43. The van der Waals surface area contributed by atoms with E-state index in [4.69, 9.17) is 6.42 Å². The maximum absolute atomic E-state index is 11.0. The summed E-state index contributed by atoms with van der Waals surface area (Å²) in [4.78, 5) is 0. The zero-order chi connectivity index (χ0) is 17.4. The molecule has 0 unspecified atom stereocenters. The monoisotopic (exact) mass is 330 g/mol. The van der Waals surface area contributed by atoms with Crippen LogP contribution in [0.4, 0.5) is 0 Å². The summed E-state index contributed by atoms with van der Waals surface area (Å²) in [7, 11) is 0. The molecule has 4 fully saturated rings. The number of terminal acetylenes is 1. The normalized spacial score (nSPS) is 59.8. The minimum absolute atomic E-state index is 0.103. The Bertz CT molecular complexity index is 575. The maximum Gasteiger partial charge on any atom is 0.125 e. The van der Waals surface area contributed by atoms with Crippen LogP contribution in [0.15, 0.2) is 0 Å². The molecule has 0 radical (unpaired) electrons. The number of hydrogen-bond donors (Lipinski definition) is 2. The topological polar surface area (TPSA) is 40.5 Å². The Morgan fingerprint density at radius 1 is 0.875 bits per heavy atom. The standard InChI is InChI=1S/C22H34O2/c1-5-22(24)13-12-19(2)15(14-22)6-7-16-17(19)8-10-20(3)18(16)9-11-21(20,4)23/h1,15-18,23-24H,6-14H2,2-4H3/t15-,16+,17-,18-,19-,20-,21+,22-/m0/s1. The largest absolute Gasteiger partial charge is 0.390 e. The van der Waals surface area contributed by atoms with Crippen molar-refractivity contribution in [1.82, 2.24) is 0 Å². The quantitative estimate of drug-likeness (QED) is 0.655. The van der Waals surface area contributed by atoms with Crippen molar-refractivity contribution in [2.45, 2.75) is 89.8 Å². The molecule has 0 heterocycles. The van der Waals surface area contributed by atoms with E-state index in [2.05, 4.69) is 26.7 Å². The summed E-state index contributed by atoms with van der Waals surface area (Å²) in [5.41, 5.74) is -0.915. The highest BCUT2D eigenvalue weighted by Gasteiger charge is 2.63. The molecule has 8 atom stereocenters. The molecule has 4 aliphatic carbocycles. The summed E-state index contributed by atoms with van der Waals surface area (Å²) >= 11 is 0. The summed E-state index contributed by atoms with van der Waals surface area (Å²) in [5, 5.41) is 21.6. The Morgan fingerprint density at radius 2 is 1.58 bits per heavy atom. The number of hydrogen-bond acceptors (Lipinski definition) is 2. The van der Waals surface area contributed by atoms with Crippen LogP contribution in [0.5, 0.6) is 0 Å². The van der Waals surface area contributed by atoms with Crippen molar-refractivity contribution >= 4 is 0 Å². The average molecular weight is 331 g/mol. The van der Waals surface area contributed by atoms with E-state index in [9.17, 15) is 10.2 Å². The van der Waals surface area contributed by atoms with Gasteiger partial charge in [-0.3, -0.25) is 0 Å². The highest BCUT2D eigenvalue weighted by molar-refractivity contribution is 5.17. The Morgan fingerprint density at radius 3 is 2.29 bits per heavy atom. The van der Waals surface area contributed by atoms with Crippen LogP contribution in [-0.4, -0.2) is 21.4 Å². The summed E-state index contributed by atoms with van der Waals surface area (Å²) in [6.45, 7) is 6.92. The number of fused-ring (bicyclic) bond motifs is 5. The highest BCUT2D eigenvalue weighted by Crippen LogP contribution is 2.68. The minimum atomic E-state index is -0.864. The summed E-state index contributed by atoms with van der Waals surface area (Å²) in [5.74, 6) is 5.44. The van der Waals surface area contributed by atoms with Crippen LogP contribution in [0.2, 0.25) is 0 Å². The predicted molar refractivity (Wildman–Crippen MR) is 96.1 cm³/mol. The zero-order valence-corrected chi connectivity index (χ0v) is 15.6. The molecule has 2 heteroatoms. The van der Waals surface area contributed by atoms with Gasteiger partial charge in [0.2, 0.25) is 0 Å². The van der Waals surface area contributed by atoms with Crippen molar-refractivity contribution in [1.29, 1.82) is 0 Å². The second-order valence-electron chi connectivity index (χ2n) is 10.3. The van der Waals surface area contributed by atoms with Gasteiger partial charge in [0.05, 0.1) is 5.60 Å². The molecular formula is C22H34O2. The van der Waals surface area contributed by atoms with Gasteiger partial charge in [0.15, 0.2) is 0 Å². The lowest BCUT2D eigenvalue weighted by Gasteiger charge is -2.62. The number of aliphatic hydroxyl groups is 2. The minimum Gasteiger partial charge on any atom is -0.390 e. The van der Waals surface area contributed by atoms with Crippen LogP contribution in [0.1, 0.15) is 78.6 Å². The molecule has 4 saturated carbocycles. The predicted octanol–water partition coefficient (Wildman–Crippen LogP) is 4.14. The van der Waals surface area contributed by atoms with Gasteiger partial charge in [-0.15, -0.1) is 6.42 Å². The Balaban J connectivity index is 1.62. The van der Waals surface area contributed by atoms with Crippen LogP contribution >= 0.6 is 0 Å². The Hall–Kier alpha value is -0.520. The van der Waals surface area contributed by atoms with Crippen LogP contribution < -0.4 is 0 Å². The molecule has 2 nitrogen and oxygen atoms in total. The third-order valence-corrected chi connectivity index (χ3v) is 9.56. The second-order valence-corrected chi connectivity index (χ2v) is 10.3. The van der Waals surface area contributed by atoms with E-state index in [-0.39, 0.29) is 5.41 Å². The van der Waals surface area contributed by atoms with Crippen molar-refractivity contribution < 1.29 is 10.2 Å². The first-order valence-corrected chi connectivity index (χ1v) is 10.1. The first-order valence-electron chi connectivity index (χ1n) is 10.1. The third-order valence-electron chi connectivity index (χ3n) is 9.56. The van der Waals surface area contributed by atoms with Gasteiger partial charge in [-0.1, -0.05) is 19.8 Å². The van der Waals surface area contributed by atoms with Crippen molar-refractivity contribution in [2.75, 3.05) is 0 Å². The summed E-state index contributed by atoms with van der Waals surface area (Å²) in [6.07, 6.45) is 15.3. The van der Waals surface area contributed by atoms with Crippen LogP contribution in [0.3, 0.4) is 0 Å².